The first-order valence-electron chi connectivity index (χ1n) is 11.2. The molecule has 2 heterocycles. The predicted molar refractivity (Wildman–Crippen MR) is 127 cm³/mol. The minimum Gasteiger partial charge on any atom is -0.387 e. The summed E-state index contributed by atoms with van der Waals surface area (Å²) in [4.78, 5) is 1.06. The van der Waals surface area contributed by atoms with Crippen LogP contribution in [0, 0.1) is 6.92 Å². The standard InChI is InChI=1S/C27H28O5S/c1-18-12-14-21(15-13-18)33-27-25(29-16-19-8-4-2-5-9-19)23(28)24-22(31-27)17-30-26(32-24)20-10-6-3-7-11-20/h2-15,22-28H,16-17H2,1H3/t22-,23+,24-,25+,26-,27-/m1/s1. The maximum atomic E-state index is 11.4. The Balaban J connectivity index is 1.35. The smallest absolute Gasteiger partial charge is 0.184 e. The Bertz CT molecular complexity index is 1010. The molecule has 6 atom stereocenters. The van der Waals surface area contributed by atoms with E-state index >= 15 is 0 Å². The van der Waals surface area contributed by atoms with Crippen molar-refractivity contribution < 1.29 is 24.1 Å². The quantitative estimate of drug-likeness (QED) is 0.562. The number of hydrogen-bond acceptors (Lipinski definition) is 6. The zero-order chi connectivity index (χ0) is 22.6. The Morgan fingerprint density at radius 3 is 2.33 bits per heavy atom. The molecule has 0 amide bonds. The highest BCUT2D eigenvalue weighted by Crippen LogP contribution is 2.40. The van der Waals surface area contributed by atoms with Crippen LogP contribution in [-0.2, 0) is 25.6 Å². The molecule has 0 spiro atoms. The van der Waals surface area contributed by atoms with E-state index in [0.29, 0.717) is 13.2 Å². The van der Waals surface area contributed by atoms with Gasteiger partial charge in [0.05, 0.1) is 13.2 Å². The van der Waals surface area contributed by atoms with Crippen LogP contribution in [0.5, 0.6) is 0 Å². The molecular weight excluding hydrogens is 436 g/mol. The Hall–Kier alpha value is -2.19. The first kappa shape index (κ1) is 22.6. The molecule has 172 valence electrons. The summed E-state index contributed by atoms with van der Waals surface area (Å²) in [5.74, 6) is 0. The van der Waals surface area contributed by atoms with Crippen molar-refractivity contribution in [3.05, 3.63) is 102 Å². The average Bonchev–Trinajstić information content (AvgIpc) is 2.86. The van der Waals surface area contributed by atoms with Gasteiger partial charge in [-0.05, 0) is 24.6 Å². The van der Waals surface area contributed by atoms with Gasteiger partial charge in [-0.15, -0.1) is 0 Å². The molecule has 1 N–H and O–H groups in total. The van der Waals surface area contributed by atoms with Crippen LogP contribution in [0.3, 0.4) is 0 Å². The van der Waals surface area contributed by atoms with E-state index in [1.807, 2.05) is 60.7 Å². The van der Waals surface area contributed by atoms with Crippen molar-refractivity contribution in [2.75, 3.05) is 6.61 Å². The molecule has 0 radical (unpaired) electrons. The van der Waals surface area contributed by atoms with Crippen LogP contribution >= 0.6 is 11.8 Å². The van der Waals surface area contributed by atoms with Crippen molar-refractivity contribution >= 4 is 11.8 Å². The molecule has 5 rings (SSSR count). The summed E-state index contributed by atoms with van der Waals surface area (Å²) in [6.45, 7) is 2.79. The monoisotopic (exact) mass is 464 g/mol. The van der Waals surface area contributed by atoms with E-state index in [-0.39, 0.29) is 6.10 Å². The van der Waals surface area contributed by atoms with Crippen LogP contribution in [0.1, 0.15) is 23.0 Å². The topological polar surface area (TPSA) is 57.2 Å². The molecule has 3 aromatic rings. The van der Waals surface area contributed by atoms with E-state index in [2.05, 4.69) is 31.2 Å². The molecule has 0 saturated carbocycles. The molecule has 0 aliphatic carbocycles. The Morgan fingerprint density at radius 2 is 1.61 bits per heavy atom. The summed E-state index contributed by atoms with van der Waals surface area (Å²) < 4.78 is 24.8. The lowest BCUT2D eigenvalue weighted by Gasteiger charge is -2.47. The Kier molecular flexibility index (Phi) is 7.11. The Labute approximate surface area is 198 Å². The van der Waals surface area contributed by atoms with Gasteiger partial charge in [0.25, 0.3) is 0 Å². The third-order valence-electron chi connectivity index (χ3n) is 5.94. The zero-order valence-corrected chi connectivity index (χ0v) is 19.3. The van der Waals surface area contributed by atoms with Gasteiger partial charge in [0.2, 0.25) is 0 Å². The SMILES string of the molecule is Cc1ccc(S[C@H]2O[C@@H]3CO[C@@H](c4ccccc4)O[C@H]3[C@H](O)[C@@H]2OCc2ccccc2)cc1. The number of ether oxygens (including phenoxy) is 4. The fourth-order valence-corrected chi connectivity index (χ4v) is 5.27. The van der Waals surface area contributed by atoms with E-state index in [1.165, 1.54) is 5.56 Å². The van der Waals surface area contributed by atoms with Crippen molar-refractivity contribution in [3.63, 3.8) is 0 Å². The maximum Gasteiger partial charge on any atom is 0.184 e. The number of rotatable bonds is 6. The normalized spacial score (nSPS) is 29.4. The molecule has 6 heteroatoms. The number of thioether (sulfide) groups is 1. The van der Waals surface area contributed by atoms with E-state index in [4.69, 9.17) is 18.9 Å². The average molecular weight is 465 g/mol. The summed E-state index contributed by atoms with van der Waals surface area (Å²) in [5, 5.41) is 11.4. The minimum absolute atomic E-state index is 0.345. The van der Waals surface area contributed by atoms with Gasteiger partial charge in [-0.1, -0.05) is 90.1 Å². The number of aryl methyl sites for hydroxylation is 1. The fourth-order valence-electron chi connectivity index (χ4n) is 4.14. The molecule has 3 aromatic carbocycles. The number of fused-ring (bicyclic) bond motifs is 1. The second kappa shape index (κ2) is 10.4. The van der Waals surface area contributed by atoms with Gasteiger partial charge in [-0.2, -0.15) is 0 Å². The molecule has 0 unspecified atom stereocenters. The largest absolute Gasteiger partial charge is 0.387 e. The van der Waals surface area contributed by atoms with Gasteiger partial charge in [0, 0.05) is 10.5 Å². The lowest BCUT2D eigenvalue weighted by atomic mass is 9.98. The van der Waals surface area contributed by atoms with Crippen LogP contribution in [0.4, 0.5) is 0 Å². The number of aliphatic hydroxyl groups excluding tert-OH is 1. The summed E-state index contributed by atoms with van der Waals surface area (Å²) in [6.07, 6.45) is -2.88. The van der Waals surface area contributed by atoms with Gasteiger partial charge in [-0.25, -0.2) is 0 Å². The van der Waals surface area contributed by atoms with Crippen molar-refractivity contribution in [2.24, 2.45) is 0 Å². The van der Waals surface area contributed by atoms with Crippen molar-refractivity contribution in [1.82, 2.24) is 0 Å². The molecule has 0 aromatic heterocycles. The van der Waals surface area contributed by atoms with E-state index < -0.39 is 30.0 Å². The molecule has 2 saturated heterocycles. The van der Waals surface area contributed by atoms with Crippen LogP contribution in [0.25, 0.3) is 0 Å². The number of aliphatic hydroxyl groups is 1. The molecule has 2 aliphatic rings. The van der Waals surface area contributed by atoms with Crippen molar-refractivity contribution in [1.29, 1.82) is 0 Å². The summed E-state index contributed by atoms with van der Waals surface area (Å²) in [5.41, 5.74) is 2.76. The van der Waals surface area contributed by atoms with Crippen LogP contribution in [0.2, 0.25) is 0 Å². The molecule has 0 bridgehead atoms. The van der Waals surface area contributed by atoms with E-state index in [1.54, 1.807) is 11.8 Å². The van der Waals surface area contributed by atoms with Gasteiger partial charge < -0.3 is 24.1 Å². The number of benzene rings is 3. The van der Waals surface area contributed by atoms with Crippen LogP contribution < -0.4 is 0 Å². The second-order valence-corrected chi connectivity index (χ2v) is 9.57. The van der Waals surface area contributed by atoms with Crippen LogP contribution in [-0.4, -0.2) is 41.6 Å². The van der Waals surface area contributed by atoms with Gasteiger partial charge in [0.1, 0.15) is 29.9 Å². The number of hydrogen-bond donors (Lipinski definition) is 1. The molecule has 5 nitrogen and oxygen atoms in total. The highest BCUT2D eigenvalue weighted by molar-refractivity contribution is 7.99. The summed E-state index contributed by atoms with van der Waals surface area (Å²) >= 11 is 1.55. The van der Waals surface area contributed by atoms with Gasteiger partial charge in [-0.3, -0.25) is 0 Å². The third kappa shape index (κ3) is 5.32. The van der Waals surface area contributed by atoms with Crippen molar-refractivity contribution in [2.45, 2.75) is 54.6 Å². The minimum atomic E-state index is -0.856. The first-order chi connectivity index (χ1) is 16.2. The Morgan fingerprint density at radius 1 is 0.909 bits per heavy atom. The highest BCUT2D eigenvalue weighted by atomic mass is 32.2. The molecule has 33 heavy (non-hydrogen) atoms. The third-order valence-corrected chi connectivity index (χ3v) is 7.10. The van der Waals surface area contributed by atoms with Gasteiger partial charge in [0.15, 0.2) is 6.29 Å². The fraction of sp³-hybridized carbons (Fsp3) is 0.333. The van der Waals surface area contributed by atoms with Gasteiger partial charge >= 0.3 is 0 Å². The van der Waals surface area contributed by atoms with E-state index in [0.717, 1.165) is 16.0 Å². The molecule has 2 aliphatic heterocycles. The lowest BCUT2D eigenvalue weighted by Crippen LogP contribution is -2.61. The predicted octanol–water partition coefficient (Wildman–Crippen LogP) is 4.87. The van der Waals surface area contributed by atoms with E-state index in [9.17, 15) is 5.11 Å². The highest BCUT2D eigenvalue weighted by Gasteiger charge is 2.50. The maximum absolute atomic E-state index is 11.4. The van der Waals surface area contributed by atoms with Crippen LogP contribution in [0.15, 0.2) is 89.8 Å². The second-order valence-electron chi connectivity index (χ2n) is 8.40. The zero-order valence-electron chi connectivity index (χ0n) is 18.4. The lowest BCUT2D eigenvalue weighted by molar-refractivity contribution is -0.322. The van der Waals surface area contributed by atoms with Crippen molar-refractivity contribution in [3.8, 4) is 0 Å². The first-order valence-corrected chi connectivity index (χ1v) is 12.1. The molecule has 2 fully saturated rings. The molecular formula is C27H28O5S. The summed E-state index contributed by atoms with van der Waals surface area (Å²) in [7, 11) is 0. The summed E-state index contributed by atoms with van der Waals surface area (Å²) in [6, 6.07) is 28.0.